The first kappa shape index (κ1) is 26.0. The number of carbonyl (C=O) groups excluding carboxylic acids is 2. The van der Waals surface area contributed by atoms with E-state index in [0.29, 0.717) is 13.2 Å². The number of aliphatic carboxylic acids is 1. The standard InChI is InChI=1S/C17H32N2O6S2/c1-5-24-10(3)14(26)16(22)18-9-12(7-8-13(20)21)19-17(23)15(27)11(4)25-6-2/h10-12,14-15,26-27H,5-9H2,1-4H3,(H,18,22)(H,19,23)(H,20,21)/t10?,11?,12?,14-,15-/m0/s1. The summed E-state index contributed by atoms with van der Waals surface area (Å²) in [6.45, 7) is 8.11. The van der Waals surface area contributed by atoms with Crippen LogP contribution < -0.4 is 10.6 Å². The Morgan fingerprint density at radius 3 is 1.89 bits per heavy atom. The van der Waals surface area contributed by atoms with E-state index in [1.54, 1.807) is 13.8 Å². The molecule has 8 nitrogen and oxygen atoms in total. The molecule has 0 saturated heterocycles. The molecule has 0 aromatic rings. The average molecular weight is 425 g/mol. The Balaban J connectivity index is 4.78. The first-order valence-corrected chi connectivity index (χ1v) is 10.1. The quantitative estimate of drug-likeness (QED) is 0.265. The molecular weight excluding hydrogens is 392 g/mol. The summed E-state index contributed by atoms with van der Waals surface area (Å²) in [5.41, 5.74) is 0. The SMILES string of the molecule is CCOC(C)[C@H](S)C(=O)NCC(CCC(=O)O)NC(=O)[C@@H](S)C(C)OCC. The van der Waals surface area contributed by atoms with E-state index in [1.165, 1.54) is 0 Å². The van der Waals surface area contributed by atoms with E-state index < -0.39 is 28.6 Å². The van der Waals surface area contributed by atoms with Crippen molar-refractivity contribution in [2.75, 3.05) is 19.8 Å². The van der Waals surface area contributed by atoms with Gasteiger partial charge in [0.15, 0.2) is 0 Å². The van der Waals surface area contributed by atoms with Gasteiger partial charge in [0.1, 0.15) is 10.5 Å². The minimum Gasteiger partial charge on any atom is -0.481 e. The molecule has 0 saturated carbocycles. The lowest BCUT2D eigenvalue weighted by atomic mass is 10.1. The van der Waals surface area contributed by atoms with Crippen LogP contribution in [0, 0.1) is 0 Å². The number of carboxylic acid groups (broad SMARTS) is 1. The number of thiol groups is 2. The second-order valence-electron chi connectivity index (χ2n) is 6.09. The molecule has 5 atom stereocenters. The van der Waals surface area contributed by atoms with Gasteiger partial charge < -0.3 is 25.2 Å². The molecule has 0 spiro atoms. The Kier molecular flexibility index (Phi) is 13.6. The van der Waals surface area contributed by atoms with Crippen molar-refractivity contribution in [1.82, 2.24) is 10.6 Å². The van der Waals surface area contributed by atoms with Gasteiger partial charge in [-0.3, -0.25) is 14.4 Å². The lowest BCUT2D eigenvalue weighted by Crippen LogP contribution is -2.50. The molecular formula is C17H32N2O6S2. The first-order chi connectivity index (χ1) is 12.6. The van der Waals surface area contributed by atoms with Crippen molar-refractivity contribution in [1.29, 1.82) is 0 Å². The number of rotatable bonds is 14. The molecule has 158 valence electrons. The highest BCUT2D eigenvalue weighted by Gasteiger charge is 2.26. The highest BCUT2D eigenvalue weighted by molar-refractivity contribution is 7.82. The summed E-state index contributed by atoms with van der Waals surface area (Å²) in [6.07, 6.45) is -0.747. The summed E-state index contributed by atoms with van der Waals surface area (Å²) in [6, 6.07) is -0.552. The molecule has 2 amide bonds. The van der Waals surface area contributed by atoms with E-state index in [9.17, 15) is 14.4 Å². The highest BCUT2D eigenvalue weighted by Crippen LogP contribution is 2.09. The minimum atomic E-state index is -0.984. The van der Waals surface area contributed by atoms with Gasteiger partial charge in [-0.2, -0.15) is 25.3 Å². The van der Waals surface area contributed by atoms with Crippen LogP contribution in [0.1, 0.15) is 40.5 Å². The zero-order valence-electron chi connectivity index (χ0n) is 16.3. The van der Waals surface area contributed by atoms with Crippen LogP contribution in [0.25, 0.3) is 0 Å². The number of nitrogens with one attached hydrogen (secondary N) is 2. The lowest BCUT2D eigenvalue weighted by molar-refractivity contribution is -0.137. The number of ether oxygens (including phenoxy) is 2. The summed E-state index contributed by atoms with van der Waals surface area (Å²) >= 11 is 8.51. The van der Waals surface area contributed by atoms with Crippen LogP contribution in [0.4, 0.5) is 0 Å². The molecule has 0 fully saturated rings. The van der Waals surface area contributed by atoms with Crippen molar-refractivity contribution in [3.63, 3.8) is 0 Å². The third-order valence-corrected chi connectivity index (χ3v) is 5.17. The van der Waals surface area contributed by atoms with Crippen molar-refractivity contribution < 1.29 is 29.0 Å². The van der Waals surface area contributed by atoms with Crippen LogP contribution in [-0.4, -0.2) is 71.4 Å². The largest absolute Gasteiger partial charge is 0.481 e. The van der Waals surface area contributed by atoms with E-state index in [4.69, 9.17) is 14.6 Å². The third-order valence-electron chi connectivity index (χ3n) is 3.86. The van der Waals surface area contributed by atoms with Gasteiger partial charge in [-0.05, 0) is 34.1 Å². The maximum atomic E-state index is 12.3. The summed E-state index contributed by atoms with van der Waals surface area (Å²) < 4.78 is 10.7. The van der Waals surface area contributed by atoms with Crippen molar-refractivity contribution in [3.05, 3.63) is 0 Å². The van der Waals surface area contributed by atoms with Gasteiger partial charge >= 0.3 is 5.97 Å². The van der Waals surface area contributed by atoms with Gasteiger partial charge in [-0.25, -0.2) is 0 Å². The van der Waals surface area contributed by atoms with Crippen LogP contribution in [-0.2, 0) is 23.9 Å². The summed E-state index contributed by atoms with van der Waals surface area (Å²) in [5, 5.41) is 12.9. The van der Waals surface area contributed by atoms with E-state index >= 15 is 0 Å². The Labute approximate surface area is 171 Å². The predicted molar refractivity (Wildman–Crippen MR) is 110 cm³/mol. The van der Waals surface area contributed by atoms with Crippen molar-refractivity contribution >= 4 is 43.0 Å². The Morgan fingerprint density at radius 2 is 1.44 bits per heavy atom. The number of hydrogen-bond acceptors (Lipinski definition) is 7. The monoisotopic (exact) mass is 424 g/mol. The number of carboxylic acids is 1. The summed E-state index contributed by atoms with van der Waals surface area (Å²) in [5.74, 6) is -1.71. The van der Waals surface area contributed by atoms with E-state index in [1.807, 2.05) is 13.8 Å². The third kappa shape index (κ3) is 10.8. The molecule has 3 N–H and O–H groups in total. The maximum absolute atomic E-state index is 12.3. The molecule has 10 heteroatoms. The molecule has 0 heterocycles. The number of amides is 2. The van der Waals surface area contributed by atoms with Crippen LogP contribution >= 0.6 is 25.3 Å². The van der Waals surface area contributed by atoms with Crippen LogP contribution in [0.15, 0.2) is 0 Å². The smallest absolute Gasteiger partial charge is 0.303 e. The summed E-state index contributed by atoms with van der Waals surface area (Å²) in [4.78, 5) is 35.4. The van der Waals surface area contributed by atoms with Gasteiger partial charge in [-0.1, -0.05) is 0 Å². The van der Waals surface area contributed by atoms with Gasteiger partial charge in [0.05, 0.1) is 12.2 Å². The van der Waals surface area contributed by atoms with Crippen molar-refractivity contribution in [2.24, 2.45) is 0 Å². The van der Waals surface area contributed by atoms with E-state index in [-0.39, 0.29) is 37.3 Å². The fourth-order valence-corrected chi connectivity index (χ4v) is 2.61. The van der Waals surface area contributed by atoms with E-state index in [0.717, 1.165) is 0 Å². The molecule has 0 radical (unpaired) electrons. The minimum absolute atomic E-state index is 0.0806. The lowest BCUT2D eigenvalue weighted by Gasteiger charge is -2.25. The van der Waals surface area contributed by atoms with Crippen LogP contribution in [0.5, 0.6) is 0 Å². The van der Waals surface area contributed by atoms with Crippen LogP contribution in [0.3, 0.4) is 0 Å². The second-order valence-corrected chi connectivity index (χ2v) is 7.21. The van der Waals surface area contributed by atoms with Gasteiger partial charge in [0.25, 0.3) is 0 Å². The highest BCUT2D eigenvalue weighted by atomic mass is 32.1. The topological polar surface area (TPSA) is 114 Å². The molecule has 0 aromatic carbocycles. The van der Waals surface area contributed by atoms with Crippen molar-refractivity contribution in [3.8, 4) is 0 Å². The van der Waals surface area contributed by atoms with Gasteiger partial charge in [0, 0.05) is 32.2 Å². The molecule has 27 heavy (non-hydrogen) atoms. The average Bonchev–Trinajstić information content (AvgIpc) is 2.62. The Hall–Kier alpha value is -0.970. The molecule has 0 aliphatic carbocycles. The van der Waals surface area contributed by atoms with E-state index in [2.05, 4.69) is 35.9 Å². The number of carbonyl (C=O) groups is 3. The fraction of sp³-hybridized carbons (Fsp3) is 0.824. The van der Waals surface area contributed by atoms with Crippen molar-refractivity contribution in [2.45, 2.75) is 69.3 Å². The molecule has 0 bridgehead atoms. The van der Waals surface area contributed by atoms with Gasteiger partial charge in [-0.15, -0.1) is 0 Å². The van der Waals surface area contributed by atoms with Crippen LogP contribution in [0.2, 0.25) is 0 Å². The zero-order chi connectivity index (χ0) is 21.0. The predicted octanol–water partition coefficient (Wildman–Crippen LogP) is 0.899. The molecule has 3 unspecified atom stereocenters. The maximum Gasteiger partial charge on any atom is 0.303 e. The normalized spacial score (nSPS) is 16.7. The number of hydrogen-bond donors (Lipinski definition) is 5. The molecule has 0 rings (SSSR count). The molecule has 0 aliphatic heterocycles. The first-order valence-electron chi connectivity index (χ1n) is 9.03. The Bertz CT molecular complexity index is 480. The Morgan fingerprint density at radius 1 is 0.963 bits per heavy atom. The van der Waals surface area contributed by atoms with Gasteiger partial charge in [0.2, 0.25) is 11.8 Å². The molecule has 0 aliphatic rings. The second kappa shape index (κ2) is 14.1. The summed E-state index contributed by atoms with van der Waals surface area (Å²) in [7, 11) is 0. The molecule has 0 aromatic heterocycles. The zero-order valence-corrected chi connectivity index (χ0v) is 18.1. The fourth-order valence-electron chi connectivity index (χ4n) is 2.27.